The molecule has 2 atom stereocenters. The predicted octanol–water partition coefficient (Wildman–Crippen LogP) is 3.64. The van der Waals surface area contributed by atoms with Crippen LogP contribution in [0.3, 0.4) is 0 Å². The van der Waals surface area contributed by atoms with Gasteiger partial charge in [0, 0.05) is 10.9 Å². The van der Waals surface area contributed by atoms with Gasteiger partial charge in [-0.25, -0.2) is 23.5 Å². The second-order valence-corrected chi connectivity index (χ2v) is 9.88. The van der Waals surface area contributed by atoms with E-state index in [0.717, 1.165) is 34.4 Å². The second-order valence-electron chi connectivity index (χ2n) is 7.23. The van der Waals surface area contributed by atoms with Crippen LogP contribution in [0, 0.1) is 5.92 Å². The number of aromatic nitrogens is 2. The van der Waals surface area contributed by atoms with Crippen LogP contribution in [0.25, 0.3) is 10.2 Å². The quantitative estimate of drug-likeness (QED) is 0.694. The highest BCUT2D eigenvalue weighted by Gasteiger charge is 2.23. The van der Waals surface area contributed by atoms with Crippen LogP contribution in [0.1, 0.15) is 42.3 Å². The SMILES string of the molecule is C[C@@H]1CCc2c(sc3ncnc(N[C@H](C)c4ccc(S(N)(=O)=O)cc4)c23)C1. The summed E-state index contributed by atoms with van der Waals surface area (Å²) in [5.74, 6) is 1.56. The lowest BCUT2D eigenvalue weighted by Crippen LogP contribution is -2.13. The first-order chi connectivity index (χ1) is 12.8. The van der Waals surface area contributed by atoms with Crippen molar-refractivity contribution < 1.29 is 8.42 Å². The van der Waals surface area contributed by atoms with Crippen molar-refractivity contribution in [3.05, 3.63) is 46.6 Å². The largest absolute Gasteiger partial charge is 0.363 e. The zero-order valence-electron chi connectivity index (χ0n) is 15.3. The summed E-state index contributed by atoms with van der Waals surface area (Å²) in [6.45, 7) is 4.33. The number of nitrogens with two attached hydrogens (primary N) is 1. The Hall–Kier alpha value is -2.03. The predicted molar refractivity (Wildman–Crippen MR) is 108 cm³/mol. The number of sulfonamides is 1. The van der Waals surface area contributed by atoms with Crippen LogP contribution in [0.15, 0.2) is 35.5 Å². The fraction of sp³-hybridized carbons (Fsp3) is 0.368. The van der Waals surface area contributed by atoms with Crippen LogP contribution in [0.5, 0.6) is 0 Å². The smallest absolute Gasteiger partial charge is 0.238 e. The molecule has 0 spiro atoms. The summed E-state index contributed by atoms with van der Waals surface area (Å²) in [6, 6.07) is 6.59. The van der Waals surface area contributed by atoms with E-state index in [1.807, 2.05) is 6.92 Å². The molecular formula is C19H22N4O2S2. The Morgan fingerprint density at radius 1 is 1.26 bits per heavy atom. The van der Waals surface area contributed by atoms with Crippen LogP contribution < -0.4 is 10.5 Å². The first kappa shape index (κ1) is 18.3. The van der Waals surface area contributed by atoms with Gasteiger partial charge in [-0.1, -0.05) is 19.1 Å². The number of anilines is 1. The maximum Gasteiger partial charge on any atom is 0.238 e. The molecule has 8 heteroatoms. The number of nitrogens with zero attached hydrogens (tertiary/aromatic N) is 2. The van der Waals surface area contributed by atoms with E-state index in [2.05, 4.69) is 22.2 Å². The Bertz CT molecular complexity index is 1090. The molecule has 0 unspecified atom stereocenters. The molecule has 0 saturated heterocycles. The van der Waals surface area contributed by atoms with Crippen molar-refractivity contribution in [1.29, 1.82) is 0 Å². The third kappa shape index (κ3) is 3.56. The summed E-state index contributed by atoms with van der Waals surface area (Å²) >= 11 is 1.77. The van der Waals surface area contributed by atoms with Crippen molar-refractivity contribution in [2.24, 2.45) is 11.1 Å². The van der Waals surface area contributed by atoms with Crippen molar-refractivity contribution in [2.75, 3.05) is 5.32 Å². The van der Waals surface area contributed by atoms with E-state index in [1.165, 1.54) is 29.0 Å². The lowest BCUT2D eigenvalue weighted by atomic mass is 9.89. The minimum Gasteiger partial charge on any atom is -0.363 e. The Morgan fingerprint density at radius 3 is 2.70 bits per heavy atom. The highest BCUT2D eigenvalue weighted by atomic mass is 32.2. The minimum absolute atomic E-state index is 0.0318. The van der Waals surface area contributed by atoms with Gasteiger partial charge in [-0.2, -0.15) is 0 Å². The van der Waals surface area contributed by atoms with Crippen LogP contribution in [-0.4, -0.2) is 18.4 Å². The van der Waals surface area contributed by atoms with Gasteiger partial charge >= 0.3 is 0 Å². The molecule has 2 heterocycles. The minimum atomic E-state index is -3.68. The van der Waals surface area contributed by atoms with E-state index in [4.69, 9.17) is 5.14 Å². The summed E-state index contributed by atoms with van der Waals surface area (Å²) in [5.41, 5.74) is 2.35. The third-order valence-corrected chi connectivity index (χ3v) is 7.25. The molecule has 0 aliphatic heterocycles. The molecule has 1 aromatic carbocycles. The molecule has 0 bridgehead atoms. The number of hydrogen-bond acceptors (Lipinski definition) is 6. The summed E-state index contributed by atoms with van der Waals surface area (Å²) < 4.78 is 22.9. The van der Waals surface area contributed by atoms with E-state index in [9.17, 15) is 8.42 Å². The lowest BCUT2D eigenvalue weighted by Gasteiger charge is -2.19. The summed E-state index contributed by atoms with van der Waals surface area (Å²) in [6.07, 6.45) is 4.97. The maximum atomic E-state index is 11.4. The molecule has 0 saturated carbocycles. The molecule has 0 radical (unpaired) electrons. The Morgan fingerprint density at radius 2 is 2.00 bits per heavy atom. The molecule has 2 aromatic heterocycles. The monoisotopic (exact) mass is 402 g/mol. The molecule has 1 aliphatic carbocycles. The normalized spacial score (nSPS) is 18.3. The van der Waals surface area contributed by atoms with Gasteiger partial charge in [-0.15, -0.1) is 11.3 Å². The number of aryl methyl sites for hydroxylation is 1. The number of thiophene rings is 1. The third-order valence-electron chi connectivity index (χ3n) is 5.15. The van der Waals surface area contributed by atoms with Crippen molar-refractivity contribution in [3.63, 3.8) is 0 Å². The van der Waals surface area contributed by atoms with Gasteiger partial charge in [0.25, 0.3) is 0 Å². The van der Waals surface area contributed by atoms with Crippen molar-refractivity contribution in [3.8, 4) is 0 Å². The number of primary sulfonamides is 1. The number of fused-ring (bicyclic) bond motifs is 3. The van der Waals surface area contributed by atoms with Gasteiger partial charge in [0.1, 0.15) is 17.0 Å². The number of nitrogens with one attached hydrogen (secondary N) is 1. The zero-order valence-corrected chi connectivity index (χ0v) is 16.9. The van der Waals surface area contributed by atoms with E-state index >= 15 is 0 Å². The number of rotatable bonds is 4. The van der Waals surface area contributed by atoms with Crippen molar-refractivity contribution >= 4 is 37.4 Å². The molecular weight excluding hydrogens is 380 g/mol. The standard InChI is InChI=1S/C19H22N4O2S2/c1-11-3-8-15-16(9-11)26-19-17(15)18(21-10-22-19)23-12(2)13-4-6-14(7-5-13)27(20,24)25/h4-7,10-12H,3,8-9H2,1-2H3,(H2,20,24,25)(H,21,22,23)/t11-,12-/m1/s1. The van der Waals surface area contributed by atoms with E-state index in [0.29, 0.717) is 5.92 Å². The van der Waals surface area contributed by atoms with Crippen molar-refractivity contribution in [2.45, 2.75) is 44.0 Å². The van der Waals surface area contributed by atoms with Gasteiger partial charge in [-0.3, -0.25) is 0 Å². The molecule has 3 N–H and O–H groups in total. The highest BCUT2D eigenvalue weighted by molar-refractivity contribution is 7.89. The first-order valence-corrected chi connectivity index (χ1v) is 11.3. The molecule has 0 fully saturated rings. The van der Waals surface area contributed by atoms with E-state index in [-0.39, 0.29) is 10.9 Å². The summed E-state index contributed by atoms with van der Waals surface area (Å²) in [4.78, 5) is 11.5. The van der Waals surface area contributed by atoms with Crippen LogP contribution in [0.4, 0.5) is 5.82 Å². The Labute approximate surface area is 162 Å². The molecule has 6 nitrogen and oxygen atoms in total. The van der Waals surface area contributed by atoms with E-state index in [1.54, 1.807) is 29.8 Å². The molecule has 4 rings (SSSR count). The molecule has 27 heavy (non-hydrogen) atoms. The highest BCUT2D eigenvalue weighted by Crippen LogP contribution is 2.40. The topological polar surface area (TPSA) is 98.0 Å². The van der Waals surface area contributed by atoms with Gasteiger partial charge in [0.05, 0.1) is 10.3 Å². The number of benzene rings is 1. The Kier molecular flexibility index (Phi) is 4.65. The van der Waals surface area contributed by atoms with Crippen LogP contribution >= 0.6 is 11.3 Å². The molecule has 0 amide bonds. The van der Waals surface area contributed by atoms with Crippen LogP contribution in [-0.2, 0) is 22.9 Å². The molecule has 142 valence electrons. The van der Waals surface area contributed by atoms with Gasteiger partial charge < -0.3 is 5.32 Å². The van der Waals surface area contributed by atoms with Crippen molar-refractivity contribution in [1.82, 2.24) is 9.97 Å². The maximum absolute atomic E-state index is 11.4. The first-order valence-electron chi connectivity index (χ1n) is 8.97. The van der Waals surface area contributed by atoms with Gasteiger partial charge in [-0.05, 0) is 55.4 Å². The molecule has 3 aromatic rings. The van der Waals surface area contributed by atoms with E-state index < -0.39 is 10.0 Å². The number of hydrogen-bond donors (Lipinski definition) is 2. The fourth-order valence-corrected chi connectivity index (χ4v) is 5.48. The lowest BCUT2D eigenvalue weighted by molar-refractivity contribution is 0.509. The summed E-state index contributed by atoms with van der Waals surface area (Å²) in [7, 11) is -3.68. The van der Waals surface area contributed by atoms with Crippen LogP contribution in [0.2, 0.25) is 0 Å². The second kappa shape index (κ2) is 6.85. The molecule has 1 aliphatic rings. The summed E-state index contributed by atoms with van der Waals surface area (Å²) in [5, 5.41) is 9.79. The van der Waals surface area contributed by atoms with Gasteiger partial charge in [0.2, 0.25) is 10.0 Å². The Balaban J connectivity index is 1.65. The zero-order chi connectivity index (χ0) is 19.2. The average molecular weight is 403 g/mol. The average Bonchev–Trinajstić information content (AvgIpc) is 2.99. The van der Waals surface area contributed by atoms with Gasteiger partial charge in [0.15, 0.2) is 0 Å². The fourth-order valence-electron chi connectivity index (χ4n) is 3.62.